The SMILES string of the molecule is CNC(CCOCC(F)F)C1=CCCCC1. The number of alkyl halides is 2. The standard InChI is InChI=1S/C12H21F2NO/c1-15-11(7-8-16-9-12(13)14)10-5-3-2-4-6-10/h5,11-12,15H,2-4,6-9H2,1H3. The van der Waals surface area contributed by atoms with Crippen LogP contribution in [-0.4, -0.2) is 32.7 Å². The van der Waals surface area contributed by atoms with Gasteiger partial charge in [0.15, 0.2) is 0 Å². The Morgan fingerprint density at radius 1 is 1.44 bits per heavy atom. The summed E-state index contributed by atoms with van der Waals surface area (Å²) in [7, 11) is 1.91. The van der Waals surface area contributed by atoms with Crippen LogP contribution in [0, 0.1) is 0 Å². The van der Waals surface area contributed by atoms with E-state index in [1.54, 1.807) is 0 Å². The monoisotopic (exact) mass is 233 g/mol. The molecule has 0 aromatic heterocycles. The topological polar surface area (TPSA) is 21.3 Å². The maximum atomic E-state index is 11.8. The lowest BCUT2D eigenvalue weighted by molar-refractivity contribution is 0.0153. The van der Waals surface area contributed by atoms with Crippen molar-refractivity contribution in [2.24, 2.45) is 0 Å². The Morgan fingerprint density at radius 3 is 2.81 bits per heavy atom. The van der Waals surface area contributed by atoms with Gasteiger partial charge in [-0.3, -0.25) is 0 Å². The molecular weight excluding hydrogens is 212 g/mol. The van der Waals surface area contributed by atoms with E-state index in [9.17, 15) is 8.78 Å². The number of hydrogen-bond donors (Lipinski definition) is 1. The molecule has 1 aliphatic rings. The number of likely N-dealkylation sites (N-methyl/N-ethyl adjacent to an activating group) is 1. The average Bonchev–Trinajstić information content (AvgIpc) is 2.30. The molecule has 2 nitrogen and oxygen atoms in total. The Balaban J connectivity index is 2.23. The van der Waals surface area contributed by atoms with E-state index in [0.717, 1.165) is 19.3 Å². The first-order valence-corrected chi connectivity index (χ1v) is 5.96. The minimum Gasteiger partial charge on any atom is -0.375 e. The van der Waals surface area contributed by atoms with Crippen molar-refractivity contribution < 1.29 is 13.5 Å². The van der Waals surface area contributed by atoms with Gasteiger partial charge < -0.3 is 10.1 Å². The second kappa shape index (κ2) is 7.74. The molecule has 0 aliphatic heterocycles. The number of hydrogen-bond acceptors (Lipinski definition) is 2. The third-order valence-corrected chi connectivity index (χ3v) is 2.92. The number of ether oxygens (including phenoxy) is 1. The van der Waals surface area contributed by atoms with Crippen molar-refractivity contribution >= 4 is 0 Å². The van der Waals surface area contributed by atoms with E-state index in [4.69, 9.17) is 4.74 Å². The predicted octanol–water partition coefficient (Wildman–Crippen LogP) is 2.75. The second-order valence-electron chi connectivity index (χ2n) is 4.12. The van der Waals surface area contributed by atoms with Crippen LogP contribution in [-0.2, 0) is 4.74 Å². The van der Waals surface area contributed by atoms with Crippen LogP contribution in [0.1, 0.15) is 32.1 Å². The first kappa shape index (κ1) is 13.6. The Hall–Kier alpha value is -0.480. The molecule has 0 saturated heterocycles. The van der Waals surface area contributed by atoms with E-state index in [2.05, 4.69) is 11.4 Å². The molecule has 16 heavy (non-hydrogen) atoms. The molecule has 0 heterocycles. The fourth-order valence-electron chi connectivity index (χ4n) is 2.07. The number of rotatable bonds is 7. The molecule has 0 spiro atoms. The van der Waals surface area contributed by atoms with Gasteiger partial charge in [0.1, 0.15) is 6.61 Å². The Kier molecular flexibility index (Phi) is 6.57. The number of allylic oxidation sites excluding steroid dienone is 1. The van der Waals surface area contributed by atoms with Gasteiger partial charge in [0.25, 0.3) is 6.43 Å². The summed E-state index contributed by atoms with van der Waals surface area (Å²) in [6.45, 7) is -0.0529. The number of halogens is 2. The maximum absolute atomic E-state index is 11.8. The van der Waals surface area contributed by atoms with Crippen LogP contribution < -0.4 is 5.32 Å². The van der Waals surface area contributed by atoms with Crippen LogP contribution in [0.4, 0.5) is 8.78 Å². The molecule has 0 amide bonds. The highest BCUT2D eigenvalue weighted by atomic mass is 19.3. The molecule has 1 atom stereocenters. The smallest absolute Gasteiger partial charge is 0.261 e. The highest BCUT2D eigenvalue weighted by Crippen LogP contribution is 2.21. The first-order valence-electron chi connectivity index (χ1n) is 5.96. The highest BCUT2D eigenvalue weighted by molar-refractivity contribution is 5.12. The molecule has 4 heteroatoms. The van der Waals surface area contributed by atoms with Gasteiger partial charge >= 0.3 is 0 Å². The van der Waals surface area contributed by atoms with E-state index in [0.29, 0.717) is 6.61 Å². The summed E-state index contributed by atoms with van der Waals surface area (Å²) in [6.07, 6.45) is 5.46. The zero-order valence-electron chi connectivity index (χ0n) is 9.85. The molecule has 1 unspecified atom stereocenters. The van der Waals surface area contributed by atoms with Gasteiger partial charge in [-0.15, -0.1) is 0 Å². The summed E-state index contributed by atoms with van der Waals surface area (Å²) in [5, 5.41) is 3.22. The van der Waals surface area contributed by atoms with E-state index in [1.807, 2.05) is 7.05 Å². The minimum absolute atomic E-state index is 0.290. The summed E-state index contributed by atoms with van der Waals surface area (Å²) < 4.78 is 28.6. The second-order valence-corrected chi connectivity index (χ2v) is 4.12. The van der Waals surface area contributed by atoms with Crippen LogP contribution >= 0.6 is 0 Å². The largest absolute Gasteiger partial charge is 0.375 e. The van der Waals surface area contributed by atoms with Gasteiger partial charge in [0.05, 0.1) is 0 Å². The fourth-order valence-corrected chi connectivity index (χ4v) is 2.07. The quantitative estimate of drug-likeness (QED) is 0.539. The van der Waals surface area contributed by atoms with E-state index in [1.165, 1.54) is 18.4 Å². The minimum atomic E-state index is -2.36. The van der Waals surface area contributed by atoms with Crippen molar-refractivity contribution in [3.63, 3.8) is 0 Å². The molecule has 0 fully saturated rings. The van der Waals surface area contributed by atoms with Crippen LogP contribution in [0.2, 0.25) is 0 Å². The molecule has 0 aromatic carbocycles. The average molecular weight is 233 g/mol. The third kappa shape index (κ3) is 5.03. The lowest BCUT2D eigenvalue weighted by Gasteiger charge is -2.22. The van der Waals surface area contributed by atoms with Crippen molar-refractivity contribution in [2.75, 3.05) is 20.3 Å². The van der Waals surface area contributed by atoms with Crippen molar-refractivity contribution in [3.8, 4) is 0 Å². The Morgan fingerprint density at radius 2 is 2.25 bits per heavy atom. The van der Waals surface area contributed by atoms with Gasteiger partial charge in [0, 0.05) is 12.6 Å². The lowest BCUT2D eigenvalue weighted by Crippen LogP contribution is -2.29. The van der Waals surface area contributed by atoms with Crippen LogP contribution in [0.25, 0.3) is 0 Å². The molecular formula is C12H21F2NO. The fraction of sp³-hybridized carbons (Fsp3) is 0.833. The molecule has 0 aromatic rings. The molecule has 0 saturated carbocycles. The summed E-state index contributed by atoms with van der Waals surface area (Å²) in [6, 6.07) is 0.290. The normalized spacial score (nSPS) is 18.6. The third-order valence-electron chi connectivity index (χ3n) is 2.92. The van der Waals surface area contributed by atoms with Crippen LogP contribution in [0.15, 0.2) is 11.6 Å². The van der Waals surface area contributed by atoms with Gasteiger partial charge in [-0.2, -0.15) is 0 Å². The van der Waals surface area contributed by atoms with Gasteiger partial charge in [-0.05, 0) is 39.2 Å². The summed E-state index contributed by atoms with van der Waals surface area (Å²) in [5.41, 5.74) is 1.41. The Labute approximate surface area is 96.1 Å². The molecule has 1 N–H and O–H groups in total. The van der Waals surface area contributed by atoms with Crippen molar-refractivity contribution in [1.82, 2.24) is 5.32 Å². The van der Waals surface area contributed by atoms with E-state index < -0.39 is 13.0 Å². The van der Waals surface area contributed by atoms with Gasteiger partial charge in [-0.25, -0.2) is 8.78 Å². The molecule has 1 aliphatic carbocycles. The van der Waals surface area contributed by atoms with Crippen molar-refractivity contribution in [1.29, 1.82) is 0 Å². The Bertz CT molecular complexity index is 219. The number of nitrogens with one attached hydrogen (secondary N) is 1. The molecule has 94 valence electrons. The molecule has 0 radical (unpaired) electrons. The lowest BCUT2D eigenvalue weighted by atomic mass is 9.92. The van der Waals surface area contributed by atoms with Crippen LogP contribution in [0.3, 0.4) is 0 Å². The van der Waals surface area contributed by atoms with Crippen molar-refractivity contribution in [3.05, 3.63) is 11.6 Å². The zero-order chi connectivity index (χ0) is 11.8. The zero-order valence-corrected chi connectivity index (χ0v) is 9.85. The maximum Gasteiger partial charge on any atom is 0.261 e. The van der Waals surface area contributed by atoms with Gasteiger partial charge in [-0.1, -0.05) is 11.6 Å². The van der Waals surface area contributed by atoms with E-state index >= 15 is 0 Å². The summed E-state index contributed by atoms with van der Waals surface area (Å²) >= 11 is 0. The summed E-state index contributed by atoms with van der Waals surface area (Å²) in [4.78, 5) is 0. The van der Waals surface area contributed by atoms with Gasteiger partial charge in [0.2, 0.25) is 0 Å². The van der Waals surface area contributed by atoms with Crippen molar-refractivity contribution in [2.45, 2.75) is 44.6 Å². The van der Waals surface area contributed by atoms with E-state index in [-0.39, 0.29) is 6.04 Å². The highest BCUT2D eigenvalue weighted by Gasteiger charge is 2.14. The first-order chi connectivity index (χ1) is 7.74. The summed E-state index contributed by atoms with van der Waals surface area (Å²) in [5.74, 6) is 0. The molecule has 1 rings (SSSR count). The van der Waals surface area contributed by atoms with Crippen LogP contribution in [0.5, 0.6) is 0 Å². The predicted molar refractivity (Wildman–Crippen MR) is 60.8 cm³/mol. The molecule has 0 bridgehead atoms.